The summed E-state index contributed by atoms with van der Waals surface area (Å²) in [5.41, 5.74) is 3.40. The number of carbonyl (C=O) groups excluding carboxylic acids is 1. The van der Waals surface area contributed by atoms with E-state index in [2.05, 4.69) is 26.0 Å². The Balaban J connectivity index is 1.87. The van der Waals surface area contributed by atoms with E-state index >= 15 is 0 Å². The maximum atomic E-state index is 11.8. The van der Waals surface area contributed by atoms with E-state index in [0.717, 1.165) is 0 Å². The summed E-state index contributed by atoms with van der Waals surface area (Å²) in [5, 5.41) is 10.2. The van der Waals surface area contributed by atoms with Gasteiger partial charge in [0.05, 0.1) is 18.4 Å². The molecule has 0 unspecified atom stereocenters. The number of hydrazine groups is 1. The number of nitrogens with one attached hydrogen (secondary N) is 2. The van der Waals surface area contributed by atoms with Crippen molar-refractivity contribution < 1.29 is 4.79 Å². The molecular weight excluding hydrogens is 234 g/mol. The fourth-order valence-corrected chi connectivity index (χ4v) is 1.37. The van der Waals surface area contributed by atoms with Crippen LogP contribution in [0.2, 0.25) is 0 Å². The van der Waals surface area contributed by atoms with Gasteiger partial charge in [-0.05, 0) is 12.1 Å². The zero-order chi connectivity index (χ0) is 12.8. The summed E-state index contributed by atoms with van der Waals surface area (Å²) >= 11 is 0. The van der Waals surface area contributed by atoms with Crippen molar-refractivity contribution in [2.75, 3.05) is 12.0 Å². The Kier molecular flexibility index (Phi) is 3.82. The van der Waals surface area contributed by atoms with Gasteiger partial charge >= 0.3 is 0 Å². The molecule has 94 valence electrons. The first-order valence-corrected chi connectivity index (χ1v) is 5.34. The predicted octanol–water partition coefficient (Wildman–Crippen LogP) is -0.611. The summed E-state index contributed by atoms with van der Waals surface area (Å²) in [6.45, 7) is 1.00. The molecule has 1 amide bonds. The van der Waals surface area contributed by atoms with Gasteiger partial charge in [0.25, 0.3) is 5.91 Å². The quantitative estimate of drug-likeness (QED) is 0.480. The number of nitrogens with zero attached hydrogens (tertiary/aromatic N) is 4. The fourth-order valence-electron chi connectivity index (χ4n) is 1.37. The minimum absolute atomic E-state index is 0.257. The van der Waals surface area contributed by atoms with Crippen LogP contribution in [0.25, 0.3) is 0 Å². The highest BCUT2D eigenvalue weighted by Gasteiger charge is 2.06. The Hall–Kier alpha value is -2.48. The van der Waals surface area contributed by atoms with Gasteiger partial charge in [-0.2, -0.15) is 0 Å². The first-order valence-electron chi connectivity index (χ1n) is 5.34. The van der Waals surface area contributed by atoms with Crippen LogP contribution in [-0.2, 0) is 6.54 Å². The van der Waals surface area contributed by atoms with Crippen molar-refractivity contribution in [2.24, 2.45) is 5.84 Å². The van der Waals surface area contributed by atoms with Gasteiger partial charge in [0.15, 0.2) is 0 Å². The van der Waals surface area contributed by atoms with E-state index in [-0.39, 0.29) is 5.91 Å². The van der Waals surface area contributed by atoms with Crippen LogP contribution in [0, 0.1) is 0 Å². The minimum Gasteiger partial charge on any atom is -0.349 e. The van der Waals surface area contributed by atoms with Gasteiger partial charge in [-0.15, -0.1) is 5.10 Å². The molecule has 2 aromatic rings. The van der Waals surface area contributed by atoms with Crippen LogP contribution >= 0.6 is 0 Å². The highest BCUT2D eigenvalue weighted by atomic mass is 16.1. The Morgan fingerprint density at radius 1 is 1.44 bits per heavy atom. The summed E-state index contributed by atoms with van der Waals surface area (Å²) < 4.78 is 1.63. The monoisotopic (exact) mass is 247 g/mol. The molecule has 0 aliphatic heterocycles. The molecule has 0 radical (unpaired) electrons. The third kappa shape index (κ3) is 3.01. The third-order valence-electron chi connectivity index (χ3n) is 2.26. The lowest BCUT2D eigenvalue weighted by Gasteiger charge is -2.05. The summed E-state index contributed by atoms with van der Waals surface area (Å²) in [7, 11) is 0. The third-order valence-corrected chi connectivity index (χ3v) is 2.26. The molecule has 18 heavy (non-hydrogen) atoms. The highest BCUT2D eigenvalue weighted by molar-refractivity contribution is 5.93. The molecule has 2 heterocycles. The first-order chi connectivity index (χ1) is 8.79. The summed E-state index contributed by atoms with van der Waals surface area (Å²) in [5.74, 6) is 5.00. The number of rotatable bonds is 5. The van der Waals surface area contributed by atoms with Gasteiger partial charge in [-0.3, -0.25) is 20.3 Å². The molecule has 0 aromatic carbocycles. The SMILES string of the molecule is NNc1ccnc(C(=O)NCCn2ccnn2)c1. The van der Waals surface area contributed by atoms with Gasteiger partial charge in [-0.1, -0.05) is 5.21 Å². The second-order valence-corrected chi connectivity index (χ2v) is 3.50. The van der Waals surface area contributed by atoms with E-state index in [9.17, 15) is 4.79 Å². The maximum Gasteiger partial charge on any atom is 0.270 e. The molecule has 0 bridgehead atoms. The molecule has 0 saturated carbocycles. The molecule has 0 saturated heterocycles. The standard InChI is InChI=1S/C10H13N7O/c11-15-8-1-2-12-9(7-8)10(18)13-3-5-17-6-4-14-16-17/h1-2,4,6-7H,3,5,11H2,(H,12,15)(H,13,18). The second kappa shape index (κ2) is 5.73. The van der Waals surface area contributed by atoms with E-state index in [1.54, 1.807) is 29.2 Å². The topological polar surface area (TPSA) is 111 Å². The van der Waals surface area contributed by atoms with E-state index in [4.69, 9.17) is 5.84 Å². The van der Waals surface area contributed by atoms with Gasteiger partial charge in [0, 0.05) is 18.9 Å². The number of amides is 1. The first kappa shape index (κ1) is 12.0. The molecule has 2 aromatic heterocycles. The van der Waals surface area contributed by atoms with E-state index in [1.807, 2.05) is 0 Å². The highest BCUT2D eigenvalue weighted by Crippen LogP contribution is 2.05. The Bertz CT molecular complexity index is 511. The average molecular weight is 247 g/mol. The summed E-state index contributed by atoms with van der Waals surface area (Å²) in [6, 6.07) is 3.25. The maximum absolute atomic E-state index is 11.8. The minimum atomic E-state index is -0.257. The summed E-state index contributed by atoms with van der Waals surface area (Å²) in [6.07, 6.45) is 4.82. The number of anilines is 1. The lowest BCUT2D eigenvalue weighted by molar-refractivity contribution is 0.0947. The number of nitrogens with two attached hydrogens (primary N) is 1. The van der Waals surface area contributed by atoms with Crippen molar-refractivity contribution in [1.82, 2.24) is 25.3 Å². The molecule has 2 rings (SSSR count). The number of aromatic nitrogens is 4. The lowest BCUT2D eigenvalue weighted by Crippen LogP contribution is -2.28. The van der Waals surface area contributed by atoms with Gasteiger partial charge < -0.3 is 10.7 Å². The Morgan fingerprint density at radius 2 is 2.33 bits per heavy atom. The van der Waals surface area contributed by atoms with E-state index in [0.29, 0.717) is 24.5 Å². The molecule has 0 aliphatic carbocycles. The van der Waals surface area contributed by atoms with Crippen LogP contribution in [0.3, 0.4) is 0 Å². The van der Waals surface area contributed by atoms with Crippen molar-refractivity contribution in [2.45, 2.75) is 6.54 Å². The molecular formula is C10H13N7O. The van der Waals surface area contributed by atoms with Gasteiger partial charge in [-0.25, -0.2) is 0 Å². The summed E-state index contributed by atoms with van der Waals surface area (Å²) in [4.78, 5) is 15.7. The molecule has 0 spiro atoms. The van der Waals surface area contributed by atoms with E-state index < -0.39 is 0 Å². The van der Waals surface area contributed by atoms with Crippen molar-refractivity contribution in [3.8, 4) is 0 Å². The smallest absolute Gasteiger partial charge is 0.270 e. The molecule has 4 N–H and O–H groups in total. The number of hydrogen-bond acceptors (Lipinski definition) is 6. The van der Waals surface area contributed by atoms with Crippen molar-refractivity contribution >= 4 is 11.6 Å². The Labute approximate surface area is 103 Å². The zero-order valence-corrected chi connectivity index (χ0v) is 9.58. The van der Waals surface area contributed by atoms with Crippen LogP contribution < -0.4 is 16.6 Å². The lowest BCUT2D eigenvalue weighted by atomic mass is 10.3. The van der Waals surface area contributed by atoms with Crippen LogP contribution in [0.1, 0.15) is 10.5 Å². The number of pyridine rings is 1. The molecule has 8 heteroatoms. The number of nitrogen functional groups attached to an aromatic ring is 1. The van der Waals surface area contributed by atoms with Crippen molar-refractivity contribution in [1.29, 1.82) is 0 Å². The second-order valence-electron chi connectivity index (χ2n) is 3.50. The van der Waals surface area contributed by atoms with Gasteiger partial charge in [0.2, 0.25) is 0 Å². The van der Waals surface area contributed by atoms with Crippen LogP contribution in [0.15, 0.2) is 30.7 Å². The van der Waals surface area contributed by atoms with Crippen LogP contribution in [-0.4, -0.2) is 32.4 Å². The number of hydrogen-bond donors (Lipinski definition) is 3. The largest absolute Gasteiger partial charge is 0.349 e. The Morgan fingerprint density at radius 3 is 3.06 bits per heavy atom. The van der Waals surface area contributed by atoms with E-state index in [1.165, 1.54) is 6.20 Å². The van der Waals surface area contributed by atoms with Crippen molar-refractivity contribution in [3.05, 3.63) is 36.4 Å². The molecule has 0 fully saturated rings. The van der Waals surface area contributed by atoms with Crippen molar-refractivity contribution in [3.63, 3.8) is 0 Å². The van der Waals surface area contributed by atoms with Crippen LogP contribution in [0.4, 0.5) is 5.69 Å². The van der Waals surface area contributed by atoms with Crippen LogP contribution in [0.5, 0.6) is 0 Å². The molecule has 0 aliphatic rings. The molecule has 0 atom stereocenters. The predicted molar refractivity (Wildman–Crippen MR) is 64.4 cm³/mol. The average Bonchev–Trinajstić information content (AvgIpc) is 2.92. The number of carbonyl (C=O) groups is 1. The zero-order valence-electron chi connectivity index (χ0n) is 9.58. The normalized spacial score (nSPS) is 10.1. The fraction of sp³-hybridized carbons (Fsp3) is 0.200. The molecule has 8 nitrogen and oxygen atoms in total. The van der Waals surface area contributed by atoms with Gasteiger partial charge in [0.1, 0.15) is 5.69 Å².